The summed E-state index contributed by atoms with van der Waals surface area (Å²) in [5.41, 5.74) is 1.01. The fraction of sp³-hybridized carbons (Fsp3) is 0.105. The molecule has 0 aliphatic rings. The summed E-state index contributed by atoms with van der Waals surface area (Å²) in [6.07, 6.45) is -4.23. The second-order valence-electron chi connectivity index (χ2n) is 5.82. The number of hydrogen-bond acceptors (Lipinski definition) is 5. The Labute approximate surface area is 151 Å². The van der Waals surface area contributed by atoms with E-state index < -0.39 is 11.7 Å². The van der Waals surface area contributed by atoms with Gasteiger partial charge in [-0.15, -0.1) is 0 Å². The van der Waals surface area contributed by atoms with Crippen LogP contribution in [0.5, 0.6) is 0 Å². The van der Waals surface area contributed by atoms with Crippen LogP contribution < -0.4 is 0 Å². The molecule has 4 rings (SSSR count). The van der Waals surface area contributed by atoms with Crippen LogP contribution in [0.25, 0.3) is 22.7 Å². The molecule has 5 nitrogen and oxygen atoms in total. The maximum absolute atomic E-state index is 12.8. The first-order valence-corrected chi connectivity index (χ1v) is 8.00. The molecule has 2 aromatic carbocycles. The van der Waals surface area contributed by atoms with E-state index in [9.17, 15) is 13.2 Å². The van der Waals surface area contributed by atoms with Crippen molar-refractivity contribution in [2.75, 3.05) is 0 Å². The van der Waals surface area contributed by atoms with Gasteiger partial charge in [0.2, 0.25) is 0 Å². The zero-order chi connectivity index (χ0) is 18.9. The number of halogens is 3. The molecular formula is C19H12F3N3O2. The highest BCUT2D eigenvalue weighted by Crippen LogP contribution is 2.31. The first-order chi connectivity index (χ1) is 13.0. The van der Waals surface area contributed by atoms with Crippen LogP contribution in [0.4, 0.5) is 13.2 Å². The van der Waals surface area contributed by atoms with Crippen molar-refractivity contribution in [1.29, 1.82) is 0 Å². The van der Waals surface area contributed by atoms with Crippen molar-refractivity contribution in [1.82, 2.24) is 15.3 Å². The number of rotatable bonds is 4. The molecule has 0 aliphatic carbocycles. The zero-order valence-electron chi connectivity index (χ0n) is 13.8. The first-order valence-electron chi connectivity index (χ1n) is 8.00. The predicted molar refractivity (Wildman–Crippen MR) is 89.5 cm³/mol. The number of nitrogens with zero attached hydrogens (tertiary/aromatic N) is 3. The molecule has 136 valence electrons. The van der Waals surface area contributed by atoms with Gasteiger partial charge in [-0.2, -0.15) is 18.2 Å². The van der Waals surface area contributed by atoms with Gasteiger partial charge in [0.15, 0.2) is 5.82 Å². The summed E-state index contributed by atoms with van der Waals surface area (Å²) in [5, 5.41) is 7.81. The van der Waals surface area contributed by atoms with E-state index in [1.165, 1.54) is 12.1 Å². The minimum atomic E-state index is -4.44. The van der Waals surface area contributed by atoms with E-state index in [2.05, 4.69) is 15.3 Å². The smallest absolute Gasteiger partial charge is 0.360 e. The molecular weight excluding hydrogens is 359 g/mol. The number of alkyl halides is 3. The minimum Gasteiger partial charge on any atom is -0.360 e. The third-order valence-electron chi connectivity index (χ3n) is 3.87. The maximum Gasteiger partial charge on any atom is 0.416 e. The van der Waals surface area contributed by atoms with Crippen LogP contribution in [-0.2, 0) is 12.6 Å². The fourth-order valence-electron chi connectivity index (χ4n) is 2.57. The summed E-state index contributed by atoms with van der Waals surface area (Å²) in [6.45, 7) is 0. The molecule has 0 amide bonds. The molecule has 0 unspecified atom stereocenters. The van der Waals surface area contributed by atoms with Gasteiger partial charge in [-0.05, 0) is 18.2 Å². The Morgan fingerprint density at radius 1 is 0.815 bits per heavy atom. The Kier molecular flexibility index (Phi) is 4.23. The van der Waals surface area contributed by atoms with Crippen LogP contribution in [0.3, 0.4) is 0 Å². The van der Waals surface area contributed by atoms with E-state index in [0.717, 1.165) is 17.7 Å². The van der Waals surface area contributed by atoms with Crippen molar-refractivity contribution in [3.05, 3.63) is 77.8 Å². The molecule has 0 saturated carbocycles. The van der Waals surface area contributed by atoms with Crippen molar-refractivity contribution in [2.45, 2.75) is 12.6 Å². The van der Waals surface area contributed by atoms with Gasteiger partial charge in [0.25, 0.3) is 5.89 Å². The minimum absolute atomic E-state index is 0.0129. The maximum atomic E-state index is 12.8. The van der Waals surface area contributed by atoms with Crippen LogP contribution >= 0.6 is 0 Å². The summed E-state index contributed by atoms with van der Waals surface area (Å²) < 4.78 is 48.9. The standard InChI is InChI=1S/C19H12F3N3O2/c20-19(21,22)14-8-4-7-13(9-14)18-23-17(25-27-18)11-15-10-16(24-26-15)12-5-2-1-3-6-12/h1-10H,11H2. The quantitative estimate of drug-likeness (QED) is 0.505. The van der Waals surface area contributed by atoms with Crippen molar-refractivity contribution >= 4 is 0 Å². The van der Waals surface area contributed by atoms with E-state index in [4.69, 9.17) is 9.05 Å². The van der Waals surface area contributed by atoms with E-state index in [0.29, 0.717) is 11.5 Å². The second-order valence-corrected chi connectivity index (χ2v) is 5.82. The predicted octanol–water partition coefficient (Wildman–Crippen LogP) is 5.00. The van der Waals surface area contributed by atoms with Crippen molar-refractivity contribution in [3.63, 3.8) is 0 Å². The Hall–Kier alpha value is -3.42. The van der Waals surface area contributed by atoms with Crippen LogP contribution in [0.2, 0.25) is 0 Å². The molecule has 0 bridgehead atoms. The number of benzene rings is 2. The summed E-state index contributed by atoms with van der Waals surface area (Å²) in [6, 6.07) is 16.0. The van der Waals surface area contributed by atoms with Gasteiger partial charge in [-0.25, -0.2) is 0 Å². The lowest BCUT2D eigenvalue weighted by molar-refractivity contribution is -0.137. The molecule has 0 N–H and O–H groups in total. The van der Waals surface area contributed by atoms with Gasteiger partial charge in [0, 0.05) is 17.2 Å². The highest BCUT2D eigenvalue weighted by molar-refractivity contribution is 5.58. The SMILES string of the molecule is FC(F)(F)c1cccc(-c2nc(Cc3cc(-c4ccccc4)no3)no2)c1. The molecule has 0 saturated heterocycles. The average molecular weight is 371 g/mol. The largest absolute Gasteiger partial charge is 0.416 e. The highest BCUT2D eigenvalue weighted by atomic mass is 19.4. The fourth-order valence-corrected chi connectivity index (χ4v) is 2.57. The molecule has 27 heavy (non-hydrogen) atoms. The normalized spacial score (nSPS) is 11.7. The van der Waals surface area contributed by atoms with Crippen LogP contribution in [-0.4, -0.2) is 15.3 Å². The van der Waals surface area contributed by atoms with Crippen molar-refractivity contribution in [3.8, 4) is 22.7 Å². The lowest BCUT2D eigenvalue weighted by atomic mass is 10.1. The topological polar surface area (TPSA) is 65.0 Å². The van der Waals surface area contributed by atoms with Gasteiger partial charge < -0.3 is 9.05 Å². The lowest BCUT2D eigenvalue weighted by Crippen LogP contribution is -2.04. The summed E-state index contributed by atoms with van der Waals surface area (Å²) in [4.78, 5) is 4.15. The molecule has 4 aromatic rings. The summed E-state index contributed by atoms with van der Waals surface area (Å²) in [7, 11) is 0. The average Bonchev–Trinajstić information content (AvgIpc) is 3.32. The molecule has 8 heteroatoms. The Balaban J connectivity index is 1.53. The second kappa shape index (κ2) is 6.71. The van der Waals surface area contributed by atoms with E-state index >= 15 is 0 Å². The molecule has 0 fully saturated rings. The van der Waals surface area contributed by atoms with Gasteiger partial charge in [0.1, 0.15) is 11.5 Å². The highest BCUT2D eigenvalue weighted by Gasteiger charge is 2.30. The van der Waals surface area contributed by atoms with Gasteiger partial charge >= 0.3 is 6.18 Å². The monoisotopic (exact) mass is 371 g/mol. The third kappa shape index (κ3) is 3.74. The van der Waals surface area contributed by atoms with Crippen LogP contribution in [0, 0.1) is 0 Å². The Bertz CT molecular complexity index is 1060. The van der Waals surface area contributed by atoms with Gasteiger partial charge in [-0.3, -0.25) is 0 Å². The molecule has 0 radical (unpaired) electrons. The van der Waals surface area contributed by atoms with Gasteiger partial charge in [-0.1, -0.05) is 46.7 Å². The summed E-state index contributed by atoms with van der Waals surface area (Å²) in [5.74, 6) is 0.822. The Morgan fingerprint density at radius 2 is 1.59 bits per heavy atom. The molecule has 0 atom stereocenters. The Morgan fingerprint density at radius 3 is 2.37 bits per heavy atom. The van der Waals surface area contributed by atoms with E-state index in [1.807, 2.05) is 30.3 Å². The van der Waals surface area contributed by atoms with Crippen LogP contribution in [0.1, 0.15) is 17.1 Å². The number of hydrogen-bond donors (Lipinski definition) is 0. The first kappa shape index (κ1) is 17.0. The zero-order valence-corrected chi connectivity index (χ0v) is 13.8. The van der Waals surface area contributed by atoms with Crippen LogP contribution in [0.15, 0.2) is 69.7 Å². The molecule has 2 heterocycles. The molecule has 0 aliphatic heterocycles. The number of aromatic nitrogens is 3. The van der Waals surface area contributed by atoms with E-state index in [-0.39, 0.29) is 23.7 Å². The van der Waals surface area contributed by atoms with E-state index in [1.54, 1.807) is 6.07 Å². The molecule has 2 aromatic heterocycles. The van der Waals surface area contributed by atoms with Crippen molar-refractivity contribution < 1.29 is 22.2 Å². The van der Waals surface area contributed by atoms with Gasteiger partial charge in [0.05, 0.1) is 12.0 Å². The molecule has 0 spiro atoms. The van der Waals surface area contributed by atoms with Crippen molar-refractivity contribution in [2.24, 2.45) is 0 Å². The lowest BCUT2D eigenvalue weighted by Gasteiger charge is -2.06. The third-order valence-corrected chi connectivity index (χ3v) is 3.87. The summed E-state index contributed by atoms with van der Waals surface area (Å²) >= 11 is 0.